The summed E-state index contributed by atoms with van der Waals surface area (Å²) in [6.45, 7) is 3.86. The smallest absolute Gasteiger partial charge is 0.310 e. The molecule has 0 saturated heterocycles. The molecule has 2 rings (SSSR count). The lowest BCUT2D eigenvalue weighted by Gasteiger charge is -2.11. The van der Waals surface area contributed by atoms with E-state index in [1.807, 2.05) is 24.3 Å². The van der Waals surface area contributed by atoms with Gasteiger partial charge >= 0.3 is 5.97 Å². The first-order valence-electron chi connectivity index (χ1n) is 8.28. The molecule has 5 heteroatoms. The quantitative estimate of drug-likeness (QED) is 0.771. The van der Waals surface area contributed by atoms with Crippen molar-refractivity contribution in [1.29, 1.82) is 0 Å². The molecule has 0 radical (unpaired) electrons. The summed E-state index contributed by atoms with van der Waals surface area (Å²) in [5.41, 5.74) is 2.09. The molecule has 1 N–H and O–H groups in total. The number of anilines is 1. The molecule has 2 aromatic rings. The van der Waals surface area contributed by atoms with Crippen LogP contribution in [-0.2, 0) is 20.7 Å². The van der Waals surface area contributed by atoms with Crippen molar-refractivity contribution in [1.82, 2.24) is 0 Å². The summed E-state index contributed by atoms with van der Waals surface area (Å²) in [4.78, 5) is 23.6. The number of halogens is 1. The Bertz CT molecular complexity index is 728. The van der Waals surface area contributed by atoms with Gasteiger partial charge in [-0.2, -0.15) is 0 Å². The van der Waals surface area contributed by atoms with Crippen molar-refractivity contribution < 1.29 is 18.7 Å². The monoisotopic (exact) mass is 343 g/mol. The van der Waals surface area contributed by atoms with Crippen LogP contribution < -0.4 is 5.32 Å². The maximum Gasteiger partial charge on any atom is 0.310 e. The first kappa shape index (κ1) is 18.6. The molecule has 0 heterocycles. The van der Waals surface area contributed by atoms with Gasteiger partial charge in [0, 0.05) is 5.69 Å². The molecule has 0 saturated carbocycles. The number of hydrogen-bond donors (Lipinski definition) is 1. The highest BCUT2D eigenvalue weighted by molar-refractivity contribution is 5.92. The van der Waals surface area contributed by atoms with Gasteiger partial charge < -0.3 is 10.1 Å². The van der Waals surface area contributed by atoms with Gasteiger partial charge in [-0.3, -0.25) is 9.59 Å². The summed E-state index contributed by atoms with van der Waals surface area (Å²) in [6.07, 6.45) is 0.840. The van der Waals surface area contributed by atoms with Crippen molar-refractivity contribution in [2.45, 2.75) is 32.6 Å². The van der Waals surface area contributed by atoms with E-state index >= 15 is 0 Å². The van der Waals surface area contributed by atoms with Gasteiger partial charge in [-0.15, -0.1) is 0 Å². The maximum absolute atomic E-state index is 13.5. The lowest BCUT2D eigenvalue weighted by Crippen LogP contribution is -2.21. The predicted octanol–water partition coefficient (Wildman–Crippen LogP) is 4.06. The molecule has 132 valence electrons. The highest BCUT2D eigenvalue weighted by Gasteiger charge is 2.11. The van der Waals surface area contributed by atoms with Crippen molar-refractivity contribution in [2.75, 3.05) is 11.9 Å². The second kappa shape index (κ2) is 8.97. The van der Waals surface area contributed by atoms with Crippen molar-refractivity contribution in [3.63, 3.8) is 0 Å². The lowest BCUT2D eigenvalue weighted by atomic mass is 9.99. The minimum atomic E-state index is -0.646. The molecule has 1 amide bonds. The zero-order valence-electron chi connectivity index (χ0n) is 14.4. The number of hydrogen-bond acceptors (Lipinski definition) is 3. The van der Waals surface area contributed by atoms with Gasteiger partial charge in [-0.1, -0.05) is 44.2 Å². The molecule has 0 aliphatic carbocycles. The Morgan fingerprint density at radius 1 is 1.12 bits per heavy atom. The highest BCUT2D eigenvalue weighted by atomic mass is 19.1. The third-order valence-corrected chi connectivity index (χ3v) is 4.03. The Morgan fingerprint density at radius 3 is 2.44 bits per heavy atom. The fraction of sp³-hybridized carbons (Fsp3) is 0.300. The molecule has 0 unspecified atom stereocenters. The molecule has 0 aromatic heterocycles. The van der Waals surface area contributed by atoms with Crippen molar-refractivity contribution >= 4 is 17.6 Å². The van der Waals surface area contributed by atoms with Crippen LogP contribution in [0.3, 0.4) is 0 Å². The molecule has 0 fully saturated rings. The molecule has 0 spiro atoms. The van der Waals surface area contributed by atoms with E-state index in [2.05, 4.69) is 19.2 Å². The van der Waals surface area contributed by atoms with Gasteiger partial charge in [-0.25, -0.2) is 4.39 Å². The Labute approximate surface area is 147 Å². The fourth-order valence-electron chi connectivity index (χ4n) is 2.32. The number of carbonyl (C=O) groups excluding carboxylic acids is 2. The predicted molar refractivity (Wildman–Crippen MR) is 94.8 cm³/mol. The second-order valence-electron chi connectivity index (χ2n) is 5.91. The van der Waals surface area contributed by atoms with E-state index in [4.69, 9.17) is 4.74 Å². The van der Waals surface area contributed by atoms with Gasteiger partial charge in [-0.05, 0) is 41.7 Å². The molecular weight excluding hydrogens is 321 g/mol. The van der Waals surface area contributed by atoms with E-state index in [0.717, 1.165) is 6.42 Å². The molecule has 0 aliphatic rings. The molecular formula is C20H22FNO3. The minimum Gasteiger partial charge on any atom is -0.455 e. The lowest BCUT2D eigenvalue weighted by molar-refractivity contribution is -0.146. The van der Waals surface area contributed by atoms with Crippen LogP contribution in [0.5, 0.6) is 0 Å². The number of ether oxygens (including phenoxy) is 1. The molecule has 2 aromatic carbocycles. The van der Waals surface area contributed by atoms with Crippen molar-refractivity contribution in [2.24, 2.45) is 0 Å². The molecule has 4 nitrogen and oxygen atoms in total. The third-order valence-electron chi connectivity index (χ3n) is 4.03. The third kappa shape index (κ3) is 5.71. The van der Waals surface area contributed by atoms with Gasteiger partial charge in [0.2, 0.25) is 0 Å². The summed E-state index contributed by atoms with van der Waals surface area (Å²) in [6, 6.07) is 13.5. The molecule has 25 heavy (non-hydrogen) atoms. The molecule has 1 atom stereocenters. The van der Waals surface area contributed by atoms with Crippen LogP contribution in [0.15, 0.2) is 48.5 Å². The average molecular weight is 343 g/mol. The summed E-state index contributed by atoms with van der Waals surface area (Å²) < 4.78 is 18.4. The van der Waals surface area contributed by atoms with Crippen LogP contribution in [0.25, 0.3) is 0 Å². The van der Waals surface area contributed by atoms with Crippen molar-refractivity contribution in [3.05, 3.63) is 65.5 Å². The minimum absolute atomic E-state index is 0.205. The zero-order valence-corrected chi connectivity index (χ0v) is 14.4. The Balaban J connectivity index is 1.80. The number of amides is 1. The van der Waals surface area contributed by atoms with E-state index < -0.39 is 24.3 Å². The molecule has 0 aliphatic heterocycles. The number of carbonyl (C=O) groups is 2. The molecule has 0 bridgehead atoms. The number of benzene rings is 2. The summed E-state index contributed by atoms with van der Waals surface area (Å²) in [7, 11) is 0. The number of nitrogens with one attached hydrogen (secondary N) is 1. The van der Waals surface area contributed by atoms with E-state index in [9.17, 15) is 14.0 Å². The second-order valence-corrected chi connectivity index (χ2v) is 5.91. The normalized spacial score (nSPS) is 11.6. The maximum atomic E-state index is 13.5. The summed E-state index contributed by atoms with van der Waals surface area (Å²) in [5, 5.41) is 2.67. The van der Waals surface area contributed by atoms with Crippen LogP contribution in [0, 0.1) is 5.82 Å². The van der Waals surface area contributed by atoms with Crippen LogP contribution >= 0.6 is 0 Å². The Morgan fingerprint density at radius 2 is 1.80 bits per heavy atom. The van der Waals surface area contributed by atoms with Gasteiger partial charge in [0.1, 0.15) is 5.82 Å². The zero-order chi connectivity index (χ0) is 18.2. The van der Waals surface area contributed by atoms with Crippen LogP contribution in [0.2, 0.25) is 0 Å². The van der Waals surface area contributed by atoms with Gasteiger partial charge in [0.05, 0.1) is 6.42 Å². The first-order chi connectivity index (χ1) is 12.0. The average Bonchev–Trinajstić information content (AvgIpc) is 2.62. The highest BCUT2D eigenvalue weighted by Crippen LogP contribution is 2.20. The SMILES string of the molecule is CC[C@H](C)c1ccc(NC(=O)COC(=O)Cc2ccccc2F)cc1. The van der Waals surface area contributed by atoms with E-state index in [-0.39, 0.29) is 12.0 Å². The largest absolute Gasteiger partial charge is 0.455 e. The van der Waals surface area contributed by atoms with Gasteiger partial charge in [0.15, 0.2) is 6.61 Å². The number of esters is 1. The van der Waals surface area contributed by atoms with Crippen LogP contribution in [0.4, 0.5) is 10.1 Å². The first-order valence-corrected chi connectivity index (χ1v) is 8.28. The van der Waals surface area contributed by atoms with Crippen LogP contribution in [-0.4, -0.2) is 18.5 Å². The van der Waals surface area contributed by atoms with E-state index in [1.165, 1.54) is 17.7 Å². The standard InChI is InChI=1S/C20H22FNO3/c1-3-14(2)15-8-10-17(11-9-15)22-19(23)13-25-20(24)12-16-6-4-5-7-18(16)21/h4-11,14H,3,12-13H2,1-2H3,(H,22,23)/t14-/m0/s1. The summed E-state index contributed by atoms with van der Waals surface area (Å²) >= 11 is 0. The summed E-state index contributed by atoms with van der Waals surface area (Å²) in [5.74, 6) is -1.08. The van der Waals surface area contributed by atoms with Gasteiger partial charge in [0.25, 0.3) is 5.91 Å². The van der Waals surface area contributed by atoms with Crippen LogP contribution in [0.1, 0.15) is 37.3 Å². The number of rotatable bonds is 7. The van der Waals surface area contributed by atoms with Crippen molar-refractivity contribution in [3.8, 4) is 0 Å². The topological polar surface area (TPSA) is 55.4 Å². The Hall–Kier alpha value is -2.69. The fourth-order valence-corrected chi connectivity index (χ4v) is 2.32. The van der Waals surface area contributed by atoms with E-state index in [0.29, 0.717) is 11.6 Å². The van der Waals surface area contributed by atoms with E-state index in [1.54, 1.807) is 12.1 Å². The Kier molecular flexibility index (Phi) is 6.69.